The maximum Gasteiger partial charge on any atom is 4.00 e. The number of hydrogen-bond acceptors (Lipinski definition) is 1. The number of pyridine rings is 1. The van der Waals surface area contributed by atoms with Crippen molar-refractivity contribution in [3.8, 4) is 22.6 Å². The molecule has 0 unspecified atom stereocenters. The molecular weight excluding hydrogens is 756 g/mol. The predicted molar refractivity (Wildman–Crippen MR) is 238 cm³/mol. The minimum atomic E-state index is 0. The molecule has 0 N–H and O–H groups in total. The van der Waals surface area contributed by atoms with Crippen LogP contribution in [0.3, 0.4) is 0 Å². The van der Waals surface area contributed by atoms with Gasteiger partial charge >= 0.3 is 26.2 Å². The molecule has 0 fully saturated rings. The van der Waals surface area contributed by atoms with Crippen LogP contribution in [0.4, 0.5) is 0 Å². The van der Waals surface area contributed by atoms with Crippen molar-refractivity contribution in [1.82, 2.24) is 9.97 Å². The molecule has 0 amide bonds. The van der Waals surface area contributed by atoms with Crippen molar-refractivity contribution in [2.24, 2.45) is 0 Å². The van der Waals surface area contributed by atoms with Crippen LogP contribution in [0.1, 0.15) is 75.1 Å². The molecule has 280 valence electrons. The molecule has 0 aliphatic carbocycles. The van der Waals surface area contributed by atoms with Crippen LogP contribution in [-0.2, 0) is 37.0 Å². The Hall–Kier alpha value is -5.24. The maximum absolute atomic E-state index is 5.09. The first-order valence-corrected chi connectivity index (χ1v) is 18.9. The van der Waals surface area contributed by atoms with Crippen molar-refractivity contribution >= 4 is 21.5 Å². The van der Waals surface area contributed by atoms with Crippen LogP contribution in [0, 0.1) is 27.7 Å². The number of fused-ring (bicyclic) bond motifs is 2. The first-order valence-electron chi connectivity index (χ1n) is 18.9. The quantitative estimate of drug-likeness (QED) is 0.128. The molecule has 0 bridgehead atoms. The maximum atomic E-state index is 5.09. The van der Waals surface area contributed by atoms with Crippen LogP contribution in [0.2, 0.25) is 0 Å². The van der Waals surface area contributed by atoms with Gasteiger partial charge in [-0.15, -0.1) is 47.8 Å². The molecule has 0 aliphatic heterocycles. The molecule has 3 heteroatoms. The van der Waals surface area contributed by atoms with Gasteiger partial charge in [0.25, 0.3) is 0 Å². The third kappa shape index (κ3) is 12.1. The van der Waals surface area contributed by atoms with Gasteiger partial charge in [0, 0.05) is 11.4 Å². The van der Waals surface area contributed by atoms with E-state index in [2.05, 4.69) is 117 Å². The molecule has 56 heavy (non-hydrogen) atoms. The minimum absolute atomic E-state index is 0. The van der Waals surface area contributed by atoms with E-state index in [1.54, 1.807) is 0 Å². The second-order valence-corrected chi connectivity index (χ2v) is 16.0. The van der Waals surface area contributed by atoms with Gasteiger partial charge < -0.3 is 4.98 Å². The van der Waals surface area contributed by atoms with Gasteiger partial charge in [-0.25, -0.2) is 0 Å². The van der Waals surface area contributed by atoms with E-state index in [0.29, 0.717) is 0 Å². The zero-order valence-corrected chi connectivity index (χ0v) is 36.6. The number of benzene rings is 6. The molecule has 0 radical (unpaired) electrons. The summed E-state index contributed by atoms with van der Waals surface area (Å²) in [5.74, 6) is 0. The van der Waals surface area contributed by atoms with Gasteiger partial charge in [0.15, 0.2) is 0 Å². The molecule has 0 saturated carbocycles. The fourth-order valence-electron chi connectivity index (χ4n) is 6.09. The minimum Gasteiger partial charge on any atom is -0.656 e. The van der Waals surface area contributed by atoms with E-state index < -0.39 is 0 Å². The van der Waals surface area contributed by atoms with Gasteiger partial charge in [0.1, 0.15) is 0 Å². The summed E-state index contributed by atoms with van der Waals surface area (Å²) in [6, 6.07) is 56.1. The van der Waals surface area contributed by atoms with E-state index in [-0.39, 0.29) is 37.0 Å². The number of aryl methyl sites for hydroxylation is 1. The van der Waals surface area contributed by atoms with Gasteiger partial charge in [0.05, 0.1) is 0 Å². The molecule has 2 nitrogen and oxygen atoms in total. The van der Waals surface area contributed by atoms with Gasteiger partial charge in [-0.3, -0.25) is 4.98 Å². The number of hydrogen-bond donors (Lipinski definition) is 0. The monoisotopic (exact) mass is 808 g/mol. The van der Waals surface area contributed by atoms with Crippen LogP contribution >= 0.6 is 0 Å². The van der Waals surface area contributed by atoms with Gasteiger partial charge in [-0.05, 0) is 74.2 Å². The van der Waals surface area contributed by atoms with Crippen molar-refractivity contribution in [3.05, 3.63) is 218 Å². The average Bonchev–Trinajstić information content (AvgIpc) is 3.64. The van der Waals surface area contributed by atoms with Crippen LogP contribution in [0.25, 0.3) is 44.2 Å². The fraction of sp³-hybridized carbons (Fsp3) is 0.170. The number of rotatable bonds is 2. The van der Waals surface area contributed by atoms with Gasteiger partial charge in [0.2, 0.25) is 0 Å². The number of aromatic nitrogens is 2. The molecule has 0 aliphatic rings. The largest absolute Gasteiger partial charge is 4.00 e. The summed E-state index contributed by atoms with van der Waals surface area (Å²) in [6.07, 6.45) is 0. The average molecular weight is 810 g/mol. The van der Waals surface area contributed by atoms with Crippen molar-refractivity contribution in [3.63, 3.8) is 0 Å². The summed E-state index contributed by atoms with van der Waals surface area (Å²) < 4.78 is 0. The standard InChI is InChI=1S/C32H33N2.3C7H7.Zr/c1-20-9-8-10-27(33-20)28-15-16-29(34-28)30-25-14-13-23(31(2,3)4)18-22(25)17-21-11-12-24(19-26(21)30)32(5,6)7;3*1-7-5-3-2-4-6-7;/h8-19H,1-7H3;3*2-6H,1H2;/q4*-1;+4. The molecule has 2 heterocycles. The summed E-state index contributed by atoms with van der Waals surface area (Å²) >= 11 is 0. The summed E-state index contributed by atoms with van der Waals surface area (Å²) in [6.45, 7) is 26.8. The third-order valence-electron chi connectivity index (χ3n) is 9.26. The zero-order chi connectivity index (χ0) is 39.6. The van der Waals surface area contributed by atoms with Gasteiger partial charge in [-0.2, -0.15) is 73.9 Å². The Kier molecular flexibility index (Phi) is 15.2. The van der Waals surface area contributed by atoms with Crippen molar-refractivity contribution in [2.75, 3.05) is 0 Å². The molecule has 6 aromatic carbocycles. The molecule has 0 atom stereocenters. The molecule has 0 saturated heterocycles. The summed E-state index contributed by atoms with van der Waals surface area (Å²) in [5.41, 5.74) is 11.1. The Morgan fingerprint density at radius 2 is 0.929 bits per heavy atom. The Labute approximate surface area is 355 Å². The second-order valence-electron chi connectivity index (χ2n) is 16.0. The van der Waals surface area contributed by atoms with E-state index in [1.165, 1.54) is 38.2 Å². The van der Waals surface area contributed by atoms with E-state index in [9.17, 15) is 0 Å². The van der Waals surface area contributed by atoms with E-state index in [4.69, 9.17) is 9.97 Å². The molecule has 0 spiro atoms. The summed E-state index contributed by atoms with van der Waals surface area (Å²) in [5, 5.41) is 5.01. The Balaban J connectivity index is 0.000000254. The summed E-state index contributed by atoms with van der Waals surface area (Å²) in [7, 11) is 0. The SMILES string of the molecule is Cc1cccc(-c2ccc(-c3c4ccc(C(C)(C)C)cc4cc4ccc(C(C)(C)C)cc34)[n-]2)n1.[CH2-]c1ccccc1.[CH2-]c1ccccc1.[CH2-]c1ccccc1.[Zr+4]. The van der Waals surface area contributed by atoms with Crippen LogP contribution < -0.4 is 4.98 Å². The third-order valence-corrected chi connectivity index (χ3v) is 9.26. The Bertz CT molecular complexity index is 2320. The van der Waals surface area contributed by atoms with Gasteiger partial charge in [-0.1, -0.05) is 114 Å². The first kappa shape index (κ1) is 43.5. The Morgan fingerprint density at radius 1 is 0.446 bits per heavy atom. The molecule has 8 aromatic rings. The fourth-order valence-corrected chi connectivity index (χ4v) is 6.09. The van der Waals surface area contributed by atoms with E-state index in [1.807, 2.05) is 116 Å². The van der Waals surface area contributed by atoms with E-state index >= 15 is 0 Å². The second kappa shape index (κ2) is 19.6. The molecule has 2 aromatic heterocycles. The normalized spacial score (nSPS) is 10.8. The van der Waals surface area contributed by atoms with E-state index in [0.717, 1.165) is 39.5 Å². The Morgan fingerprint density at radius 3 is 1.39 bits per heavy atom. The summed E-state index contributed by atoms with van der Waals surface area (Å²) in [4.78, 5) is 9.79. The van der Waals surface area contributed by atoms with Crippen molar-refractivity contribution in [2.45, 2.75) is 59.3 Å². The first-order chi connectivity index (χ1) is 26.2. The number of nitrogens with zero attached hydrogens (tertiary/aromatic N) is 2. The smallest absolute Gasteiger partial charge is 0.656 e. The van der Waals surface area contributed by atoms with Crippen LogP contribution in [-0.4, -0.2) is 4.98 Å². The topological polar surface area (TPSA) is 27.0 Å². The molecule has 8 rings (SSSR count). The predicted octanol–water partition coefficient (Wildman–Crippen LogP) is 14.2. The molecular formula is C53H54N2Zr. The van der Waals surface area contributed by atoms with Crippen molar-refractivity contribution < 1.29 is 26.2 Å². The van der Waals surface area contributed by atoms with Crippen molar-refractivity contribution in [1.29, 1.82) is 0 Å². The van der Waals surface area contributed by atoms with Crippen LogP contribution in [0.15, 0.2) is 164 Å². The zero-order valence-electron chi connectivity index (χ0n) is 34.1. The van der Waals surface area contributed by atoms with Crippen LogP contribution in [0.5, 0.6) is 0 Å².